The third-order valence-electron chi connectivity index (χ3n) is 2.60. The monoisotopic (exact) mass is 277 g/mol. The summed E-state index contributed by atoms with van der Waals surface area (Å²) in [5.74, 6) is 1.98. The summed E-state index contributed by atoms with van der Waals surface area (Å²) in [7, 11) is 0. The Kier molecular flexibility index (Phi) is 4.44. The number of nitrogen functional groups attached to an aromatic ring is 1. The van der Waals surface area contributed by atoms with Crippen LogP contribution in [0, 0.1) is 0 Å². The van der Waals surface area contributed by atoms with Crippen LogP contribution in [0.15, 0.2) is 0 Å². The summed E-state index contributed by atoms with van der Waals surface area (Å²) < 4.78 is 6.99. The van der Waals surface area contributed by atoms with E-state index >= 15 is 0 Å². The summed E-state index contributed by atoms with van der Waals surface area (Å²) in [6.07, 6.45) is 2.34. The first-order valence-electron chi connectivity index (χ1n) is 6.77. The predicted molar refractivity (Wildman–Crippen MR) is 73.7 cm³/mol. The maximum absolute atomic E-state index is 5.70. The molecule has 8 heteroatoms. The molecule has 8 nitrogen and oxygen atoms in total. The summed E-state index contributed by atoms with van der Waals surface area (Å²) >= 11 is 0. The van der Waals surface area contributed by atoms with Crippen LogP contribution in [0.4, 0.5) is 5.95 Å². The lowest BCUT2D eigenvalue weighted by atomic mass is 10.4. The zero-order valence-electron chi connectivity index (χ0n) is 12.0. The quantitative estimate of drug-likeness (QED) is 0.837. The number of hydrogen-bond acceptors (Lipinski definition) is 7. The molecule has 0 bridgehead atoms. The minimum atomic E-state index is 0.108. The number of aryl methyl sites for hydroxylation is 2. The van der Waals surface area contributed by atoms with Crippen molar-refractivity contribution in [2.75, 3.05) is 12.3 Å². The van der Waals surface area contributed by atoms with Crippen molar-refractivity contribution < 1.29 is 4.74 Å². The molecule has 0 atom stereocenters. The predicted octanol–water partition coefficient (Wildman–Crippen LogP) is 0.948. The van der Waals surface area contributed by atoms with Crippen LogP contribution in [0.25, 0.3) is 5.95 Å². The number of hydrogen-bond donors (Lipinski definition) is 1. The smallest absolute Gasteiger partial charge is 0.323 e. The van der Waals surface area contributed by atoms with Gasteiger partial charge in [0.2, 0.25) is 5.95 Å². The highest BCUT2D eigenvalue weighted by atomic mass is 16.5. The van der Waals surface area contributed by atoms with E-state index in [1.54, 1.807) is 4.68 Å². The Balaban J connectivity index is 2.40. The second-order valence-corrected chi connectivity index (χ2v) is 4.19. The van der Waals surface area contributed by atoms with E-state index in [4.69, 9.17) is 10.5 Å². The molecule has 0 radical (unpaired) electrons. The fraction of sp³-hybridized carbons (Fsp3) is 0.583. The molecular formula is C12H19N7O. The van der Waals surface area contributed by atoms with Crippen LogP contribution >= 0.6 is 0 Å². The largest absolute Gasteiger partial charge is 0.463 e. The number of ether oxygens (including phenoxy) is 1. The minimum Gasteiger partial charge on any atom is -0.463 e. The molecule has 0 aliphatic carbocycles. The number of anilines is 1. The molecule has 2 rings (SSSR count). The van der Waals surface area contributed by atoms with Gasteiger partial charge in [0.05, 0.1) is 6.61 Å². The van der Waals surface area contributed by atoms with E-state index in [-0.39, 0.29) is 12.0 Å². The highest BCUT2D eigenvalue weighted by molar-refractivity contribution is 5.25. The van der Waals surface area contributed by atoms with Crippen molar-refractivity contribution in [2.24, 2.45) is 0 Å². The minimum absolute atomic E-state index is 0.108. The van der Waals surface area contributed by atoms with E-state index in [0.717, 1.165) is 30.9 Å². The normalized spacial score (nSPS) is 10.8. The zero-order valence-corrected chi connectivity index (χ0v) is 12.0. The summed E-state index contributed by atoms with van der Waals surface area (Å²) in [5.41, 5.74) is 5.70. The number of nitrogens with two attached hydrogens (primary N) is 1. The SMILES string of the molecule is CCCOc1nc(N)nc(-n2nc(CC)nc2CC)n1. The summed E-state index contributed by atoms with van der Waals surface area (Å²) in [5, 5.41) is 4.37. The van der Waals surface area contributed by atoms with Gasteiger partial charge in [0.25, 0.3) is 5.95 Å². The average Bonchev–Trinajstić information content (AvgIpc) is 2.88. The summed E-state index contributed by atoms with van der Waals surface area (Å²) in [4.78, 5) is 16.7. The van der Waals surface area contributed by atoms with Crippen LogP contribution in [0.3, 0.4) is 0 Å². The Morgan fingerprint density at radius 3 is 2.50 bits per heavy atom. The molecule has 0 fully saturated rings. The van der Waals surface area contributed by atoms with E-state index < -0.39 is 0 Å². The highest BCUT2D eigenvalue weighted by Gasteiger charge is 2.14. The van der Waals surface area contributed by atoms with Gasteiger partial charge >= 0.3 is 6.01 Å². The van der Waals surface area contributed by atoms with Crippen LogP contribution in [0.1, 0.15) is 38.8 Å². The first-order chi connectivity index (χ1) is 9.67. The van der Waals surface area contributed by atoms with Crippen molar-refractivity contribution in [1.82, 2.24) is 29.7 Å². The van der Waals surface area contributed by atoms with Crippen molar-refractivity contribution >= 4 is 5.95 Å². The Morgan fingerprint density at radius 2 is 1.85 bits per heavy atom. The van der Waals surface area contributed by atoms with Crippen molar-refractivity contribution in [3.8, 4) is 12.0 Å². The number of rotatable bonds is 6. The van der Waals surface area contributed by atoms with Gasteiger partial charge in [0, 0.05) is 12.8 Å². The second kappa shape index (κ2) is 6.27. The van der Waals surface area contributed by atoms with Gasteiger partial charge in [-0.3, -0.25) is 0 Å². The highest BCUT2D eigenvalue weighted by Crippen LogP contribution is 2.11. The van der Waals surface area contributed by atoms with E-state index in [9.17, 15) is 0 Å². The Bertz CT molecular complexity index is 581. The molecule has 0 saturated carbocycles. The van der Waals surface area contributed by atoms with E-state index in [1.165, 1.54) is 0 Å². The van der Waals surface area contributed by atoms with E-state index in [1.807, 2.05) is 20.8 Å². The Morgan fingerprint density at radius 1 is 1.05 bits per heavy atom. The first-order valence-corrected chi connectivity index (χ1v) is 6.77. The first kappa shape index (κ1) is 14.2. The maximum Gasteiger partial charge on any atom is 0.323 e. The molecule has 2 heterocycles. The summed E-state index contributed by atoms with van der Waals surface area (Å²) in [6.45, 7) is 6.53. The molecule has 0 aliphatic heterocycles. The lowest BCUT2D eigenvalue weighted by molar-refractivity contribution is 0.291. The maximum atomic E-state index is 5.70. The van der Waals surface area contributed by atoms with Gasteiger partial charge in [0.15, 0.2) is 5.82 Å². The molecule has 0 unspecified atom stereocenters. The molecule has 2 N–H and O–H groups in total. The van der Waals surface area contributed by atoms with E-state index in [2.05, 4.69) is 25.0 Å². The Labute approximate surface area is 117 Å². The fourth-order valence-electron chi connectivity index (χ4n) is 1.64. The Hall–Kier alpha value is -2.25. The lowest BCUT2D eigenvalue weighted by Crippen LogP contribution is -2.12. The van der Waals surface area contributed by atoms with Crippen molar-refractivity contribution in [2.45, 2.75) is 40.0 Å². The second-order valence-electron chi connectivity index (χ2n) is 4.19. The molecule has 108 valence electrons. The van der Waals surface area contributed by atoms with Crippen molar-refractivity contribution in [1.29, 1.82) is 0 Å². The standard InChI is InChI=1S/C12H19N7O/c1-4-7-20-12-16-10(13)15-11(17-12)19-9(6-3)14-8(5-2)18-19/h4-7H2,1-3H3,(H2,13,15,16,17). The fourth-order valence-corrected chi connectivity index (χ4v) is 1.64. The molecule has 0 aromatic carbocycles. The average molecular weight is 277 g/mol. The van der Waals surface area contributed by atoms with Crippen LogP contribution in [0.5, 0.6) is 6.01 Å². The van der Waals surface area contributed by atoms with Crippen molar-refractivity contribution in [3.63, 3.8) is 0 Å². The molecule has 2 aromatic rings. The lowest BCUT2D eigenvalue weighted by Gasteiger charge is -2.06. The molecule has 0 aliphatic rings. The zero-order chi connectivity index (χ0) is 14.5. The van der Waals surface area contributed by atoms with Gasteiger partial charge in [-0.05, 0) is 6.42 Å². The molecule has 2 aromatic heterocycles. The topological polar surface area (TPSA) is 105 Å². The van der Waals surface area contributed by atoms with Gasteiger partial charge in [-0.1, -0.05) is 20.8 Å². The van der Waals surface area contributed by atoms with Gasteiger partial charge in [-0.15, -0.1) is 5.10 Å². The van der Waals surface area contributed by atoms with Gasteiger partial charge in [-0.2, -0.15) is 19.6 Å². The van der Waals surface area contributed by atoms with Crippen molar-refractivity contribution in [3.05, 3.63) is 11.6 Å². The van der Waals surface area contributed by atoms with Gasteiger partial charge in [0.1, 0.15) is 5.82 Å². The third kappa shape index (κ3) is 3.01. The molecule has 0 amide bonds. The third-order valence-corrected chi connectivity index (χ3v) is 2.60. The summed E-state index contributed by atoms with van der Waals surface area (Å²) in [6, 6.07) is 0.213. The number of nitrogens with zero attached hydrogens (tertiary/aromatic N) is 6. The van der Waals surface area contributed by atoms with Gasteiger partial charge < -0.3 is 10.5 Å². The molecule has 20 heavy (non-hydrogen) atoms. The van der Waals surface area contributed by atoms with Crippen LogP contribution in [-0.2, 0) is 12.8 Å². The van der Waals surface area contributed by atoms with Gasteiger partial charge in [-0.25, -0.2) is 4.98 Å². The van der Waals surface area contributed by atoms with Crippen LogP contribution in [-0.4, -0.2) is 36.3 Å². The van der Waals surface area contributed by atoms with Crippen LogP contribution in [0.2, 0.25) is 0 Å². The molecule has 0 spiro atoms. The molecular weight excluding hydrogens is 258 g/mol. The molecule has 0 saturated heterocycles. The van der Waals surface area contributed by atoms with E-state index in [0.29, 0.717) is 12.6 Å². The van der Waals surface area contributed by atoms with Crippen LogP contribution < -0.4 is 10.5 Å². The number of aromatic nitrogens is 6.